The molecule has 0 aromatic heterocycles. The van der Waals surface area contributed by atoms with Gasteiger partial charge in [0.1, 0.15) is 17.5 Å². The summed E-state index contributed by atoms with van der Waals surface area (Å²) < 4.78 is 5.13. The highest BCUT2D eigenvalue weighted by Gasteiger charge is 2.42. The quantitative estimate of drug-likeness (QED) is 0.380. The largest absolute Gasteiger partial charge is 0.507 e. The number of nitrogens with one attached hydrogen (secondary N) is 1. The minimum Gasteiger partial charge on any atom is -0.507 e. The molecule has 1 unspecified atom stereocenters. The Labute approximate surface area is 190 Å². The second-order valence-electron chi connectivity index (χ2n) is 8.37. The molecule has 3 rings (SSSR count). The van der Waals surface area contributed by atoms with Crippen molar-refractivity contribution in [2.45, 2.75) is 38.5 Å². The van der Waals surface area contributed by atoms with Gasteiger partial charge in [-0.15, -0.1) is 0 Å². The molecule has 1 amide bonds. The Bertz CT molecular complexity index is 1050. The van der Waals surface area contributed by atoms with Gasteiger partial charge in [-0.25, -0.2) is 4.79 Å². The van der Waals surface area contributed by atoms with Gasteiger partial charge in [-0.05, 0) is 29.2 Å². The van der Waals surface area contributed by atoms with E-state index in [1.165, 1.54) is 19.4 Å². The minimum absolute atomic E-state index is 0.0624. The van der Waals surface area contributed by atoms with Gasteiger partial charge < -0.3 is 35.4 Å². The number of ketones is 1. The van der Waals surface area contributed by atoms with Gasteiger partial charge >= 0.3 is 5.97 Å². The molecule has 1 heterocycles. The third-order valence-corrected chi connectivity index (χ3v) is 6.16. The van der Waals surface area contributed by atoms with Crippen molar-refractivity contribution in [3.05, 3.63) is 40.6 Å². The normalized spacial score (nSPS) is 21.2. The number of phenols is 1. The number of aliphatic carboxylic acids is 1. The number of ether oxygens (including phenoxy) is 1. The summed E-state index contributed by atoms with van der Waals surface area (Å²) in [6.45, 7) is 2.28. The lowest BCUT2D eigenvalue weighted by Gasteiger charge is -2.43. The highest BCUT2D eigenvalue weighted by Crippen LogP contribution is 2.42. The molecule has 1 aromatic carbocycles. The first kappa shape index (κ1) is 24.3. The monoisotopic (exact) mass is 460 g/mol. The van der Waals surface area contributed by atoms with Crippen molar-refractivity contribution in [2.75, 3.05) is 20.3 Å². The first-order chi connectivity index (χ1) is 15.5. The average Bonchev–Trinajstić information content (AvgIpc) is 2.77. The maximum absolute atomic E-state index is 13.1. The van der Waals surface area contributed by atoms with Crippen molar-refractivity contribution < 1.29 is 39.5 Å². The lowest BCUT2D eigenvalue weighted by Crippen LogP contribution is -2.56. The van der Waals surface area contributed by atoms with E-state index < -0.39 is 42.6 Å². The molecular formula is C23H28N2O8. The van der Waals surface area contributed by atoms with Gasteiger partial charge in [0.25, 0.3) is 0 Å². The summed E-state index contributed by atoms with van der Waals surface area (Å²) in [4.78, 5) is 38.4. The number of carboxylic acid groups (broad SMARTS) is 1. The van der Waals surface area contributed by atoms with Crippen molar-refractivity contribution in [3.63, 3.8) is 0 Å². The molecule has 178 valence electrons. The van der Waals surface area contributed by atoms with Crippen molar-refractivity contribution in [1.29, 1.82) is 0 Å². The number of phenolic OH excluding ortho intramolecular Hbond substituents is 1. The van der Waals surface area contributed by atoms with Crippen molar-refractivity contribution in [2.24, 2.45) is 5.92 Å². The van der Waals surface area contributed by atoms with Crippen LogP contribution in [0, 0.1) is 5.92 Å². The molecule has 0 spiro atoms. The molecule has 10 nitrogen and oxygen atoms in total. The Morgan fingerprint density at radius 3 is 2.61 bits per heavy atom. The van der Waals surface area contributed by atoms with Crippen LogP contribution in [-0.2, 0) is 9.59 Å². The number of amides is 1. The van der Waals surface area contributed by atoms with Crippen molar-refractivity contribution in [1.82, 2.24) is 10.2 Å². The molecule has 5 N–H and O–H groups in total. The number of aliphatic hydroxyl groups is 2. The van der Waals surface area contributed by atoms with Gasteiger partial charge in [0.2, 0.25) is 5.91 Å². The zero-order chi connectivity index (χ0) is 24.5. The van der Waals surface area contributed by atoms with E-state index in [1.54, 1.807) is 26.0 Å². The van der Waals surface area contributed by atoms with Crippen LogP contribution in [0.25, 0.3) is 6.08 Å². The Morgan fingerprint density at radius 2 is 2.03 bits per heavy atom. The van der Waals surface area contributed by atoms with Crippen molar-refractivity contribution in [3.8, 4) is 11.5 Å². The second kappa shape index (κ2) is 9.24. The van der Waals surface area contributed by atoms with Crippen LogP contribution in [0.2, 0.25) is 0 Å². The fraction of sp³-hybridized carbons (Fsp3) is 0.435. The number of Topliss-reactive ketones (excluding diaryl/α,β-unsaturated/α-hetero) is 1. The Hall–Kier alpha value is -3.37. The van der Waals surface area contributed by atoms with E-state index in [2.05, 4.69) is 5.32 Å². The lowest BCUT2D eigenvalue weighted by molar-refractivity contribution is -0.147. The predicted octanol–water partition coefficient (Wildman–Crippen LogP) is 0.866. The first-order valence-corrected chi connectivity index (χ1v) is 10.5. The van der Waals surface area contributed by atoms with Gasteiger partial charge in [-0.2, -0.15) is 0 Å². The second-order valence-corrected chi connectivity index (χ2v) is 8.37. The summed E-state index contributed by atoms with van der Waals surface area (Å²) in [5, 5.41) is 43.1. The van der Waals surface area contributed by atoms with Crippen LogP contribution in [0.15, 0.2) is 29.5 Å². The number of fused-ring (bicyclic) bond motifs is 2. The molecule has 3 atom stereocenters. The summed E-state index contributed by atoms with van der Waals surface area (Å²) in [5.41, 5.74) is -0.830. The van der Waals surface area contributed by atoms with Crippen LogP contribution in [-0.4, -0.2) is 75.0 Å². The van der Waals surface area contributed by atoms with Crippen molar-refractivity contribution >= 4 is 23.7 Å². The molecule has 10 heteroatoms. The maximum Gasteiger partial charge on any atom is 0.326 e. The van der Waals surface area contributed by atoms with Gasteiger partial charge in [0, 0.05) is 24.3 Å². The number of aromatic hydroxyl groups is 1. The number of methoxy groups -OCH3 is 1. The standard InChI is InChI=1S/C23H28N2O8/c1-4-12(2)20(22(30)31)24-18(28)10-25-9-16-14(8-23(25,32)11-26)5-13-6-15(33-3)7-17(27)19(13)21(16)29/h5-7,9,12,20,26-27,32H,4,8,10-11H2,1-3H3,(H,24,28)(H,30,31)/t12-,20+,23?/m0/s1. The number of carboxylic acids is 1. The minimum atomic E-state index is -1.89. The molecule has 0 saturated carbocycles. The smallest absolute Gasteiger partial charge is 0.326 e. The molecule has 0 radical (unpaired) electrons. The third-order valence-electron chi connectivity index (χ3n) is 6.16. The molecule has 1 aliphatic heterocycles. The number of hydrogen-bond donors (Lipinski definition) is 5. The number of carbonyl (C=O) groups is 3. The summed E-state index contributed by atoms with van der Waals surface area (Å²) in [7, 11) is 1.43. The zero-order valence-corrected chi connectivity index (χ0v) is 18.7. The number of rotatable bonds is 8. The van der Waals surface area contributed by atoms with E-state index in [4.69, 9.17) is 4.74 Å². The zero-order valence-electron chi connectivity index (χ0n) is 18.7. The molecule has 1 aromatic rings. The van der Waals surface area contributed by atoms with Gasteiger partial charge in [-0.1, -0.05) is 20.3 Å². The molecule has 1 aliphatic carbocycles. The maximum atomic E-state index is 13.1. The molecule has 2 aliphatic rings. The molecule has 0 fully saturated rings. The number of hydrogen-bond acceptors (Lipinski definition) is 8. The number of nitrogens with zero attached hydrogens (tertiary/aromatic N) is 1. The third kappa shape index (κ3) is 4.57. The van der Waals surface area contributed by atoms with Crippen LogP contribution < -0.4 is 10.1 Å². The summed E-state index contributed by atoms with van der Waals surface area (Å²) in [6.07, 6.45) is 3.24. The highest BCUT2D eigenvalue weighted by molar-refractivity contribution is 6.18. The van der Waals surface area contributed by atoms with Gasteiger partial charge in [0.15, 0.2) is 11.5 Å². The van der Waals surface area contributed by atoms with E-state index in [-0.39, 0.29) is 29.2 Å². The van der Waals surface area contributed by atoms with Gasteiger partial charge in [0.05, 0.1) is 25.8 Å². The highest BCUT2D eigenvalue weighted by atomic mass is 16.5. The Kier molecular flexibility index (Phi) is 6.80. The van der Waals surface area contributed by atoms with Gasteiger partial charge in [-0.3, -0.25) is 9.59 Å². The lowest BCUT2D eigenvalue weighted by atomic mass is 9.81. The predicted molar refractivity (Wildman–Crippen MR) is 117 cm³/mol. The molecule has 33 heavy (non-hydrogen) atoms. The summed E-state index contributed by atoms with van der Waals surface area (Å²) in [6, 6.07) is 1.78. The van der Waals surface area contributed by atoms with Crippen LogP contribution in [0.1, 0.15) is 42.6 Å². The molecule has 0 bridgehead atoms. The Morgan fingerprint density at radius 1 is 1.33 bits per heavy atom. The SMILES string of the molecule is CC[C@H](C)[C@@H](NC(=O)CN1C=C2C(=O)c3c(O)cc(OC)cc3C=C2CC1(O)CO)C(=O)O. The summed E-state index contributed by atoms with van der Waals surface area (Å²) >= 11 is 0. The van der Waals surface area contributed by atoms with Crippen LogP contribution >= 0.6 is 0 Å². The molecular weight excluding hydrogens is 432 g/mol. The topological polar surface area (TPSA) is 157 Å². The van der Waals surface area contributed by atoms with E-state index >= 15 is 0 Å². The summed E-state index contributed by atoms with van der Waals surface area (Å²) in [5.74, 6) is -2.61. The fourth-order valence-corrected chi connectivity index (χ4v) is 4.01. The number of allylic oxidation sites excluding steroid dienone is 1. The van der Waals surface area contributed by atoms with E-state index in [0.717, 1.165) is 4.90 Å². The molecule has 0 saturated heterocycles. The van der Waals surface area contributed by atoms with Crippen LogP contribution in [0.5, 0.6) is 11.5 Å². The number of carbonyl (C=O) groups excluding carboxylic acids is 2. The number of benzene rings is 1. The Balaban J connectivity index is 1.94. The number of aliphatic hydroxyl groups excluding tert-OH is 1. The first-order valence-electron chi connectivity index (χ1n) is 10.5. The van der Waals surface area contributed by atoms with Crippen LogP contribution in [0.3, 0.4) is 0 Å². The van der Waals surface area contributed by atoms with Crippen LogP contribution in [0.4, 0.5) is 0 Å². The van der Waals surface area contributed by atoms with E-state index in [0.29, 0.717) is 23.3 Å². The van der Waals surface area contributed by atoms with E-state index in [9.17, 15) is 34.8 Å². The van der Waals surface area contributed by atoms with E-state index in [1.807, 2.05) is 0 Å². The average molecular weight is 460 g/mol. The fourth-order valence-electron chi connectivity index (χ4n) is 4.01.